The van der Waals surface area contributed by atoms with E-state index in [0.29, 0.717) is 12.2 Å². The van der Waals surface area contributed by atoms with Gasteiger partial charge >= 0.3 is 11.9 Å². The third-order valence-corrected chi connectivity index (χ3v) is 4.96. The van der Waals surface area contributed by atoms with Crippen LogP contribution in [0.2, 0.25) is 0 Å². The minimum atomic E-state index is -0.513. The average molecular weight is 428 g/mol. The molecule has 0 aliphatic heterocycles. The van der Waals surface area contributed by atoms with Crippen molar-refractivity contribution in [2.45, 2.75) is 52.0 Å². The Morgan fingerprint density at radius 3 is 1.97 bits per heavy atom. The van der Waals surface area contributed by atoms with Crippen LogP contribution in [0.3, 0.4) is 0 Å². The van der Waals surface area contributed by atoms with E-state index in [0.717, 1.165) is 24.3 Å². The number of esters is 2. The first-order valence-electron chi connectivity index (χ1n) is 10.8. The van der Waals surface area contributed by atoms with Gasteiger partial charge in [0.15, 0.2) is 0 Å². The van der Waals surface area contributed by atoms with Crippen LogP contribution in [0.15, 0.2) is 42.5 Å². The maximum Gasteiger partial charge on any atom is 0.337 e. The molecule has 2 aromatic rings. The average Bonchev–Trinajstić information content (AvgIpc) is 2.81. The molecule has 1 N–H and O–H groups in total. The van der Waals surface area contributed by atoms with Crippen molar-refractivity contribution in [2.75, 3.05) is 26.1 Å². The molecule has 0 saturated heterocycles. The van der Waals surface area contributed by atoms with Gasteiger partial charge in [-0.1, -0.05) is 51.2 Å². The summed E-state index contributed by atoms with van der Waals surface area (Å²) in [6.07, 6.45) is 7.44. The molecule has 0 aliphatic carbocycles. The third kappa shape index (κ3) is 8.32. The standard InChI is InChI=1S/C25H33NO5/c1-4-5-6-7-8-9-14-31-23-12-10-19(11-13-23)18-26-22-16-20(24(27)29-2)15-21(17-22)25(28)30-3/h10-13,15-17,26H,4-9,14,18H2,1-3H3. The van der Waals surface area contributed by atoms with Crippen LogP contribution >= 0.6 is 0 Å². The van der Waals surface area contributed by atoms with Gasteiger partial charge in [0.05, 0.1) is 32.0 Å². The number of hydrogen-bond acceptors (Lipinski definition) is 6. The zero-order valence-electron chi connectivity index (χ0n) is 18.7. The molecule has 0 saturated carbocycles. The first-order chi connectivity index (χ1) is 15.1. The third-order valence-electron chi connectivity index (χ3n) is 4.96. The van der Waals surface area contributed by atoms with Gasteiger partial charge in [-0.05, 0) is 42.3 Å². The van der Waals surface area contributed by atoms with E-state index in [1.54, 1.807) is 12.1 Å². The van der Waals surface area contributed by atoms with Crippen LogP contribution in [0.5, 0.6) is 5.75 Å². The molecular formula is C25H33NO5. The van der Waals surface area contributed by atoms with E-state index in [1.807, 2.05) is 24.3 Å². The van der Waals surface area contributed by atoms with Gasteiger partial charge in [0.1, 0.15) is 5.75 Å². The number of benzene rings is 2. The smallest absolute Gasteiger partial charge is 0.337 e. The second-order valence-corrected chi connectivity index (χ2v) is 7.40. The van der Waals surface area contributed by atoms with Crippen molar-refractivity contribution in [2.24, 2.45) is 0 Å². The summed E-state index contributed by atoms with van der Waals surface area (Å²) in [6, 6.07) is 12.7. The molecular weight excluding hydrogens is 394 g/mol. The fraction of sp³-hybridized carbons (Fsp3) is 0.440. The van der Waals surface area contributed by atoms with Crippen LogP contribution in [0.25, 0.3) is 0 Å². The number of anilines is 1. The van der Waals surface area contributed by atoms with Gasteiger partial charge in [0, 0.05) is 12.2 Å². The van der Waals surface area contributed by atoms with E-state index >= 15 is 0 Å². The van der Waals surface area contributed by atoms with Crippen LogP contribution < -0.4 is 10.1 Å². The maximum atomic E-state index is 11.9. The van der Waals surface area contributed by atoms with E-state index in [4.69, 9.17) is 14.2 Å². The summed E-state index contributed by atoms with van der Waals surface area (Å²) in [5.41, 5.74) is 2.25. The zero-order valence-corrected chi connectivity index (χ0v) is 18.7. The largest absolute Gasteiger partial charge is 0.494 e. The lowest BCUT2D eigenvalue weighted by Crippen LogP contribution is -2.09. The fourth-order valence-electron chi connectivity index (χ4n) is 3.18. The molecule has 0 unspecified atom stereocenters. The van der Waals surface area contributed by atoms with Gasteiger partial charge in [-0.15, -0.1) is 0 Å². The Hall–Kier alpha value is -3.02. The van der Waals surface area contributed by atoms with Crippen molar-refractivity contribution in [3.05, 3.63) is 59.2 Å². The van der Waals surface area contributed by atoms with Crippen LogP contribution in [0, 0.1) is 0 Å². The summed E-state index contributed by atoms with van der Waals surface area (Å²) in [5, 5.41) is 3.24. The minimum Gasteiger partial charge on any atom is -0.494 e. The van der Waals surface area contributed by atoms with Crippen LogP contribution in [0.4, 0.5) is 5.69 Å². The van der Waals surface area contributed by atoms with Gasteiger partial charge in [-0.25, -0.2) is 9.59 Å². The molecule has 0 bridgehead atoms. The lowest BCUT2D eigenvalue weighted by molar-refractivity contribution is 0.0599. The summed E-state index contributed by atoms with van der Waals surface area (Å²) < 4.78 is 15.4. The molecule has 0 spiro atoms. The number of hydrogen-bond donors (Lipinski definition) is 1. The Balaban J connectivity index is 1.88. The van der Waals surface area contributed by atoms with Crippen LogP contribution in [-0.2, 0) is 16.0 Å². The van der Waals surface area contributed by atoms with Crippen molar-refractivity contribution < 1.29 is 23.8 Å². The summed E-state index contributed by atoms with van der Waals surface area (Å²) >= 11 is 0. The van der Waals surface area contributed by atoms with Gasteiger partial charge < -0.3 is 19.5 Å². The minimum absolute atomic E-state index is 0.284. The van der Waals surface area contributed by atoms with Crippen molar-refractivity contribution in [1.29, 1.82) is 0 Å². The molecule has 0 aliphatic rings. The normalized spacial score (nSPS) is 10.4. The Bertz CT molecular complexity index is 798. The topological polar surface area (TPSA) is 73.9 Å². The van der Waals surface area contributed by atoms with E-state index in [-0.39, 0.29) is 11.1 Å². The van der Waals surface area contributed by atoms with E-state index in [1.165, 1.54) is 52.4 Å². The first kappa shape index (κ1) is 24.3. The molecule has 0 radical (unpaired) electrons. The number of rotatable bonds is 13. The van der Waals surface area contributed by atoms with E-state index in [9.17, 15) is 9.59 Å². The molecule has 31 heavy (non-hydrogen) atoms. The number of ether oxygens (including phenoxy) is 3. The van der Waals surface area contributed by atoms with Crippen molar-refractivity contribution in [3.8, 4) is 5.75 Å². The molecule has 2 aromatic carbocycles. The fourth-order valence-corrected chi connectivity index (χ4v) is 3.18. The summed E-state index contributed by atoms with van der Waals surface area (Å²) in [7, 11) is 2.60. The summed E-state index contributed by atoms with van der Waals surface area (Å²) in [4.78, 5) is 23.8. The van der Waals surface area contributed by atoms with Crippen molar-refractivity contribution >= 4 is 17.6 Å². The van der Waals surface area contributed by atoms with Gasteiger partial charge in [-0.3, -0.25) is 0 Å². The monoisotopic (exact) mass is 427 g/mol. The van der Waals surface area contributed by atoms with Crippen LogP contribution in [0.1, 0.15) is 71.7 Å². The van der Waals surface area contributed by atoms with Crippen molar-refractivity contribution in [1.82, 2.24) is 0 Å². The van der Waals surface area contributed by atoms with Crippen LogP contribution in [-0.4, -0.2) is 32.8 Å². The molecule has 0 atom stereocenters. The van der Waals surface area contributed by atoms with Gasteiger partial charge in [-0.2, -0.15) is 0 Å². The Kier molecular flexibility index (Phi) is 10.4. The molecule has 2 rings (SSSR count). The quantitative estimate of drug-likeness (QED) is 0.331. The maximum absolute atomic E-state index is 11.9. The van der Waals surface area contributed by atoms with E-state index in [2.05, 4.69) is 12.2 Å². The molecule has 0 heterocycles. The highest BCUT2D eigenvalue weighted by Gasteiger charge is 2.13. The van der Waals surface area contributed by atoms with Crippen molar-refractivity contribution in [3.63, 3.8) is 0 Å². The first-order valence-corrected chi connectivity index (χ1v) is 10.8. The van der Waals surface area contributed by atoms with Gasteiger partial charge in [0.2, 0.25) is 0 Å². The molecule has 0 fully saturated rings. The second kappa shape index (κ2) is 13.3. The number of carbonyl (C=O) groups is 2. The number of unbranched alkanes of at least 4 members (excludes halogenated alkanes) is 5. The second-order valence-electron chi connectivity index (χ2n) is 7.40. The zero-order chi connectivity index (χ0) is 22.5. The Morgan fingerprint density at radius 1 is 0.806 bits per heavy atom. The number of carbonyl (C=O) groups excluding carboxylic acids is 2. The molecule has 168 valence electrons. The highest BCUT2D eigenvalue weighted by molar-refractivity contribution is 5.96. The molecule has 6 nitrogen and oxygen atoms in total. The molecule has 6 heteroatoms. The lowest BCUT2D eigenvalue weighted by Gasteiger charge is -2.11. The SMILES string of the molecule is CCCCCCCCOc1ccc(CNc2cc(C(=O)OC)cc(C(=O)OC)c2)cc1. The highest BCUT2D eigenvalue weighted by Crippen LogP contribution is 2.19. The Morgan fingerprint density at radius 2 is 1.39 bits per heavy atom. The highest BCUT2D eigenvalue weighted by atomic mass is 16.5. The molecule has 0 aromatic heterocycles. The summed E-state index contributed by atoms with van der Waals surface area (Å²) in [6.45, 7) is 3.49. The number of methoxy groups -OCH3 is 2. The molecule has 0 amide bonds. The number of nitrogens with one attached hydrogen (secondary N) is 1. The van der Waals surface area contributed by atoms with Gasteiger partial charge in [0.25, 0.3) is 0 Å². The predicted octanol–water partition coefficient (Wildman–Crippen LogP) is 5.61. The predicted molar refractivity (Wildman–Crippen MR) is 122 cm³/mol. The summed E-state index contributed by atoms with van der Waals surface area (Å²) in [5.74, 6) is -0.167. The lowest BCUT2D eigenvalue weighted by atomic mass is 10.1. The Labute approximate surface area is 184 Å². The van der Waals surface area contributed by atoms with E-state index < -0.39 is 11.9 Å².